The maximum absolute atomic E-state index is 12.3. The molecule has 1 aliphatic heterocycles. The fourth-order valence-corrected chi connectivity index (χ4v) is 3.99. The molecule has 0 spiro atoms. The molecule has 4 rings (SSSR count). The Kier molecular flexibility index (Phi) is 7.19. The summed E-state index contributed by atoms with van der Waals surface area (Å²) in [6, 6.07) is 24.1. The van der Waals surface area contributed by atoms with Crippen LogP contribution in [0.15, 0.2) is 84.1 Å². The van der Waals surface area contributed by atoms with Crippen LogP contribution in [0.3, 0.4) is 0 Å². The number of benzene rings is 2. The van der Waals surface area contributed by atoms with Gasteiger partial charge in [-0.25, -0.2) is 5.43 Å². The standard InChI is InChI=1S/C26H28N4O/c31-26(29-28-19-25-8-4-5-15-27-25)24-11-9-23(10-12-24)20-30-16-13-22(14-17-30)18-21-6-2-1-3-7-21/h1-12,15,19,22H,13-14,16-18,20H2,(H,29,31)/b28-19-. The van der Waals surface area contributed by atoms with Gasteiger partial charge in [-0.1, -0.05) is 48.5 Å². The Hall–Kier alpha value is -3.31. The molecule has 1 aromatic heterocycles. The summed E-state index contributed by atoms with van der Waals surface area (Å²) in [5.41, 5.74) is 6.53. The summed E-state index contributed by atoms with van der Waals surface area (Å²) >= 11 is 0. The summed E-state index contributed by atoms with van der Waals surface area (Å²) < 4.78 is 0. The van der Waals surface area contributed by atoms with Crippen molar-refractivity contribution in [1.82, 2.24) is 15.3 Å². The molecule has 0 unspecified atom stereocenters. The highest BCUT2D eigenvalue weighted by atomic mass is 16.2. The van der Waals surface area contributed by atoms with E-state index < -0.39 is 0 Å². The minimum Gasteiger partial charge on any atom is -0.299 e. The maximum atomic E-state index is 12.3. The molecule has 3 aromatic rings. The van der Waals surface area contributed by atoms with E-state index >= 15 is 0 Å². The lowest BCUT2D eigenvalue weighted by atomic mass is 9.90. The van der Waals surface area contributed by atoms with Gasteiger partial charge in [0.1, 0.15) is 0 Å². The first kappa shape index (κ1) is 20.9. The topological polar surface area (TPSA) is 57.6 Å². The third-order valence-electron chi connectivity index (χ3n) is 5.75. The van der Waals surface area contributed by atoms with Gasteiger partial charge < -0.3 is 0 Å². The molecule has 1 N–H and O–H groups in total. The van der Waals surface area contributed by atoms with E-state index in [1.807, 2.05) is 42.5 Å². The van der Waals surface area contributed by atoms with Crippen molar-refractivity contribution >= 4 is 12.1 Å². The Morgan fingerprint density at radius 1 is 0.968 bits per heavy atom. The Morgan fingerprint density at radius 3 is 2.42 bits per heavy atom. The van der Waals surface area contributed by atoms with Gasteiger partial charge in [-0.15, -0.1) is 0 Å². The van der Waals surface area contributed by atoms with E-state index in [1.54, 1.807) is 6.20 Å². The minimum absolute atomic E-state index is 0.222. The molecule has 2 heterocycles. The SMILES string of the molecule is O=C(N/N=C\c1ccccn1)c1ccc(CN2CCC(Cc3ccccc3)CC2)cc1. The number of hydrogen-bond donors (Lipinski definition) is 1. The first-order valence-electron chi connectivity index (χ1n) is 10.9. The van der Waals surface area contributed by atoms with Crippen LogP contribution in [0, 0.1) is 5.92 Å². The predicted octanol–water partition coefficient (Wildman–Crippen LogP) is 4.30. The Morgan fingerprint density at radius 2 is 1.71 bits per heavy atom. The molecular weight excluding hydrogens is 384 g/mol. The number of carbonyl (C=O) groups excluding carboxylic acids is 1. The van der Waals surface area contributed by atoms with Crippen molar-refractivity contribution in [2.24, 2.45) is 11.0 Å². The summed E-state index contributed by atoms with van der Waals surface area (Å²) in [5.74, 6) is 0.553. The van der Waals surface area contributed by atoms with Crippen molar-refractivity contribution in [1.29, 1.82) is 0 Å². The van der Waals surface area contributed by atoms with E-state index in [0.29, 0.717) is 11.3 Å². The maximum Gasteiger partial charge on any atom is 0.271 e. The molecule has 158 valence electrons. The van der Waals surface area contributed by atoms with E-state index in [2.05, 4.69) is 50.7 Å². The largest absolute Gasteiger partial charge is 0.299 e. The molecule has 5 heteroatoms. The molecule has 5 nitrogen and oxygen atoms in total. The number of hydrazone groups is 1. The van der Waals surface area contributed by atoms with E-state index in [1.165, 1.54) is 36.6 Å². The molecule has 1 saturated heterocycles. The number of piperidine rings is 1. The second-order valence-corrected chi connectivity index (χ2v) is 8.06. The molecule has 0 saturated carbocycles. The molecule has 1 amide bonds. The molecule has 1 fully saturated rings. The van der Waals surface area contributed by atoms with Crippen molar-refractivity contribution in [2.75, 3.05) is 13.1 Å². The zero-order valence-corrected chi connectivity index (χ0v) is 17.7. The van der Waals surface area contributed by atoms with E-state index in [0.717, 1.165) is 25.6 Å². The van der Waals surface area contributed by atoms with E-state index in [4.69, 9.17) is 0 Å². The number of pyridine rings is 1. The van der Waals surface area contributed by atoms with Crippen LogP contribution in [0.2, 0.25) is 0 Å². The summed E-state index contributed by atoms with van der Waals surface area (Å²) in [5, 5.41) is 3.98. The van der Waals surface area contributed by atoms with Crippen LogP contribution in [0.5, 0.6) is 0 Å². The number of carbonyl (C=O) groups is 1. The van der Waals surface area contributed by atoms with Crippen LogP contribution >= 0.6 is 0 Å². The summed E-state index contributed by atoms with van der Waals surface area (Å²) in [6.07, 6.45) is 6.88. The fraction of sp³-hybridized carbons (Fsp3) is 0.269. The third-order valence-corrected chi connectivity index (χ3v) is 5.75. The van der Waals surface area contributed by atoms with Crippen molar-refractivity contribution in [2.45, 2.75) is 25.8 Å². The Bertz CT molecular complexity index is 979. The summed E-state index contributed by atoms with van der Waals surface area (Å²) in [7, 11) is 0. The molecule has 0 bridgehead atoms. The van der Waals surface area contributed by atoms with Crippen molar-refractivity contribution in [3.05, 3.63) is 101 Å². The molecule has 0 radical (unpaired) electrons. The Balaban J connectivity index is 1.22. The van der Waals surface area contributed by atoms with Crippen LogP contribution < -0.4 is 5.43 Å². The normalized spacial score (nSPS) is 15.2. The molecule has 0 atom stereocenters. The molecule has 31 heavy (non-hydrogen) atoms. The van der Waals surface area contributed by atoms with Gasteiger partial charge in [-0.2, -0.15) is 5.10 Å². The highest BCUT2D eigenvalue weighted by Crippen LogP contribution is 2.23. The van der Waals surface area contributed by atoms with Gasteiger partial charge in [0.25, 0.3) is 5.91 Å². The molecule has 1 aliphatic rings. The van der Waals surface area contributed by atoms with Crippen LogP contribution in [0.4, 0.5) is 0 Å². The van der Waals surface area contributed by atoms with Gasteiger partial charge in [0.2, 0.25) is 0 Å². The zero-order chi connectivity index (χ0) is 21.3. The van der Waals surface area contributed by atoms with E-state index in [-0.39, 0.29) is 5.91 Å². The molecule has 2 aromatic carbocycles. The number of hydrogen-bond acceptors (Lipinski definition) is 4. The second kappa shape index (κ2) is 10.6. The third kappa shape index (κ3) is 6.33. The number of nitrogens with one attached hydrogen (secondary N) is 1. The molecule has 0 aliphatic carbocycles. The van der Waals surface area contributed by atoms with Gasteiger partial charge in [0, 0.05) is 18.3 Å². The zero-order valence-electron chi connectivity index (χ0n) is 17.7. The highest BCUT2D eigenvalue weighted by molar-refractivity contribution is 5.94. The Labute approximate surface area is 183 Å². The van der Waals surface area contributed by atoms with Gasteiger partial charge in [-0.3, -0.25) is 14.7 Å². The minimum atomic E-state index is -0.222. The van der Waals surface area contributed by atoms with Crippen LogP contribution in [-0.2, 0) is 13.0 Å². The van der Waals surface area contributed by atoms with Crippen LogP contribution in [-0.4, -0.2) is 35.1 Å². The number of aromatic nitrogens is 1. The average molecular weight is 413 g/mol. The van der Waals surface area contributed by atoms with E-state index in [9.17, 15) is 4.79 Å². The summed E-state index contributed by atoms with van der Waals surface area (Å²) in [6.45, 7) is 3.18. The number of likely N-dealkylation sites (tertiary alicyclic amines) is 1. The summed E-state index contributed by atoms with van der Waals surface area (Å²) in [4.78, 5) is 18.9. The van der Waals surface area contributed by atoms with Gasteiger partial charge in [-0.05, 0) is 73.7 Å². The van der Waals surface area contributed by atoms with Gasteiger partial charge in [0.05, 0.1) is 11.9 Å². The number of amides is 1. The first-order chi connectivity index (χ1) is 15.3. The van der Waals surface area contributed by atoms with Gasteiger partial charge >= 0.3 is 0 Å². The average Bonchev–Trinajstić information content (AvgIpc) is 2.82. The lowest BCUT2D eigenvalue weighted by Crippen LogP contribution is -2.33. The fourth-order valence-electron chi connectivity index (χ4n) is 3.99. The lowest BCUT2D eigenvalue weighted by molar-refractivity contribution is 0.0955. The van der Waals surface area contributed by atoms with Crippen molar-refractivity contribution in [3.8, 4) is 0 Å². The van der Waals surface area contributed by atoms with Crippen LogP contribution in [0.25, 0.3) is 0 Å². The molecular formula is C26H28N4O. The quantitative estimate of drug-likeness (QED) is 0.465. The predicted molar refractivity (Wildman–Crippen MR) is 124 cm³/mol. The monoisotopic (exact) mass is 412 g/mol. The lowest BCUT2D eigenvalue weighted by Gasteiger charge is -2.32. The number of rotatable bonds is 7. The first-order valence-corrected chi connectivity index (χ1v) is 10.9. The number of nitrogens with zero attached hydrogens (tertiary/aromatic N) is 3. The smallest absolute Gasteiger partial charge is 0.271 e. The van der Waals surface area contributed by atoms with Crippen molar-refractivity contribution < 1.29 is 4.79 Å². The van der Waals surface area contributed by atoms with Gasteiger partial charge in [0.15, 0.2) is 0 Å². The second-order valence-electron chi connectivity index (χ2n) is 8.06. The van der Waals surface area contributed by atoms with Crippen LogP contribution in [0.1, 0.15) is 40.0 Å². The van der Waals surface area contributed by atoms with Crippen molar-refractivity contribution in [3.63, 3.8) is 0 Å². The highest BCUT2D eigenvalue weighted by Gasteiger charge is 2.19.